The lowest BCUT2D eigenvalue weighted by atomic mass is 10.1. The van der Waals surface area contributed by atoms with Gasteiger partial charge in [0.25, 0.3) is 0 Å². The van der Waals surface area contributed by atoms with Crippen LogP contribution in [0.4, 0.5) is 0 Å². The molecule has 0 bridgehead atoms. The second-order valence-electron chi connectivity index (χ2n) is 4.22. The van der Waals surface area contributed by atoms with Crippen LogP contribution < -0.4 is 5.73 Å². The standard InChI is InChI=1S/C13H18N2O3/c1-15(9-10-5-3-2-4-6-10)13(18)11(14)7-8-12(16)17/h2-6,11H,7-9,14H2,1H3,(H,16,17). The molecule has 98 valence electrons. The van der Waals surface area contributed by atoms with Gasteiger partial charge in [-0.15, -0.1) is 0 Å². The Morgan fingerprint density at radius 2 is 1.94 bits per heavy atom. The van der Waals surface area contributed by atoms with E-state index in [9.17, 15) is 9.59 Å². The van der Waals surface area contributed by atoms with E-state index in [1.165, 1.54) is 4.90 Å². The smallest absolute Gasteiger partial charge is 0.303 e. The topological polar surface area (TPSA) is 83.6 Å². The van der Waals surface area contributed by atoms with Gasteiger partial charge in [0.05, 0.1) is 6.04 Å². The fraction of sp³-hybridized carbons (Fsp3) is 0.385. The van der Waals surface area contributed by atoms with Crippen molar-refractivity contribution in [3.05, 3.63) is 35.9 Å². The molecule has 0 aliphatic carbocycles. The Hall–Kier alpha value is -1.88. The number of carbonyl (C=O) groups is 2. The predicted molar refractivity (Wildman–Crippen MR) is 67.8 cm³/mol. The van der Waals surface area contributed by atoms with Gasteiger partial charge in [0.1, 0.15) is 0 Å². The molecule has 1 aromatic carbocycles. The first-order valence-corrected chi connectivity index (χ1v) is 5.77. The van der Waals surface area contributed by atoms with E-state index >= 15 is 0 Å². The van der Waals surface area contributed by atoms with Crippen LogP contribution in [0.2, 0.25) is 0 Å². The highest BCUT2D eigenvalue weighted by Gasteiger charge is 2.18. The maximum atomic E-state index is 11.9. The normalized spacial score (nSPS) is 11.9. The van der Waals surface area contributed by atoms with Gasteiger partial charge in [-0.1, -0.05) is 30.3 Å². The summed E-state index contributed by atoms with van der Waals surface area (Å²) < 4.78 is 0. The fourth-order valence-corrected chi connectivity index (χ4v) is 1.62. The number of carboxylic acid groups (broad SMARTS) is 1. The van der Waals surface area contributed by atoms with E-state index in [1.807, 2.05) is 30.3 Å². The summed E-state index contributed by atoms with van der Waals surface area (Å²) in [4.78, 5) is 23.8. The number of amides is 1. The zero-order valence-electron chi connectivity index (χ0n) is 10.4. The van der Waals surface area contributed by atoms with E-state index in [4.69, 9.17) is 10.8 Å². The van der Waals surface area contributed by atoms with Crippen LogP contribution in [-0.4, -0.2) is 35.0 Å². The third kappa shape index (κ3) is 4.55. The Bertz CT molecular complexity index is 406. The zero-order valence-corrected chi connectivity index (χ0v) is 10.4. The quantitative estimate of drug-likeness (QED) is 0.783. The van der Waals surface area contributed by atoms with Gasteiger partial charge >= 0.3 is 5.97 Å². The van der Waals surface area contributed by atoms with Crippen LogP contribution >= 0.6 is 0 Å². The van der Waals surface area contributed by atoms with Gasteiger partial charge in [-0.2, -0.15) is 0 Å². The molecule has 5 nitrogen and oxygen atoms in total. The molecule has 1 amide bonds. The van der Waals surface area contributed by atoms with E-state index in [2.05, 4.69) is 0 Å². The summed E-state index contributed by atoms with van der Waals surface area (Å²) in [5.74, 6) is -1.18. The van der Waals surface area contributed by atoms with Crippen LogP contribution in [0.5, 0.6) is 0 Å². The summed E-state index contributed by atoms with van der Waals surface area (Å²) in [6.07, 6.45) is 0.0688. The third-order valence-electron chi connectivity index (χ3n) is 2.63. The minimum atomic E-state index is -0.941. The van der Waals surface area contributed by atoms with Gasteiger partial charge in [0.15, 0.2) is 0 Å². The highest BCUT2D eigenvalue weighted by Crippen LogP contribution is 2.05. The van der Waals surface area contributed by atoms with Crippen molar-refractivity contribution in [2.45, 2.75) is 25.4 Å². The van der Waals surface area contributed by atoms with Crippen LogP contribution in [0, 0.1) is 0 Å². The SMILES string of the molecule is CN(Cc1ccccc1)C(=O)C(N)CCC(=O)O. The highest BCUT2D eigenvalue weighted by molar-refractivity contribution is 5.82. The number of hydrogen-bond donors (Lipinski definition) is 2. The summed E-state index contributed by atoms with van der Waals surface area (Å²) in [6.45, 7) is 0.473. The molecule has 3 N–H and O–H groups in total. The molecule has 1 atom stereocenters. The van der Waals surface area contributed by atoms with Gasteiger partial charge in [0.2, 0.25) is 5.91 Å². The molecule has 1 unspecified atom stereocenters. The minimum absolute atomic E-state index is 0.0912. The Labute approximate surface area is 106 Å². The molecule has 0 aliphatic heterocycles. The largest absolute Gasteiger partial charge is 0.481 e. The van der Waals surface area contributed by atoms with E-state index in [0.29, 0.717) is 6.54 Å². The molecule has 0 fully saturated rings. The van der Waals surface area contributed by atoms with Crippen LogP contribution in [0.3, 0.4) is 0 Å². The first-order chi connectivity index (χ1) is 8.50. The number of benzene rings is 1. The molecule has 0 radical (unpaired) electrons. The van der Waals surface area contributed by atoms with E-state index < -0.39 is 12.0 Å². The molecule has 5 heteroatoms. The van der Waals surface area contributed by atoms with Gasteiger partial charge in [-0.05, 0) is 12.0 Å². The first kappa shape index (κ1) is 14.2. The second-order valence-corrected chi connectivity index (χ2v) is 4.22. The van der Waals surface area contributed by atoms with Crippen molar-refractivity contribution < 1.29 is 14.7 Å². The van der Waals surface area contributed by atoms with Crippen molar-refractivity contribution in [3.8, 4) is 0 Å². The average molecular weight is 250 g/mol. The van der Waals surface area contributed by atoms with Gasteiger partial charge in [-0.25, -0.2) is 0 Å². The molecule has 0 saturated heterocycles. The Balaban J connectivity index is 2.48. The van der Waals surface area contributed by atoms with Gasteiger partial charge in [-0.3, -0.25) is 9.59 Å². The lowest BCUT2D eigenvalue weighted by Gasteiger charge is -2.21. The van der Waals surface area contributed by atoms with Crippen molar-refractivity contribution >= 4 is 11.9 Å². The first-order valence-electron chi connectivity index (χ1n) is 5.77. The van der Waals surface area contributed by atoms with E-state index in [-0.39, 0.29) is 18.7 Å². The van der Waals surface area contributed by atoms with Crippen LogP contribution in [0.25, 0.3) is 0 Å². The second kappa shape index (κ2) is 6.76. The Kier molecular flexibility index (Phi) is 5.32. The highest BCUT2D eigenvalue weighted by atomic mass is 16.4. The maximum absolute atomic E-state index is 11.9. The van der Waals surface area contributed by atoms with Crippen molar-refractivity contribution in [2.24, 2.45) is 5.73 Å². The summed E-state index contributed by atoms with van der Waals surface area (Å²) in [6, 6.07) is 8.80. The monoisotopic (exact) mass is 250 g/mol. The third-order valence-corrected chi connectivity index (χ3v) is 2.63. The molecular weight excluding hydrogens is 232 g/mol. The van der Waals surface area contributed by atoms with Crippen LogP contribution in [-0.2, 0) is 16.1 Å². The number of rotatable bonds is 6. The van der Waals surface area contributed by atoms with Crippen LogP contribution in [0.1, 0.15) is 18.4 Å². The molecule has 0 aromatic heterocycles. The number of nitrogens with two attached hydrogens (primary N) is 1. The number of carbonyl (C=O) groups excluding carboxylic acids is 1. The van der Waals surface area contributed by atoms with E-state index in [0.717, 1.165) is 5.56 Å². The molecule has 18 heavy (non-hydrogen) atoms. The minimum Gasteiger partial charge on any atom is -0.481 e. The number of hydrogen-bond acceptors (Lipinski definition) is 3. The van der Waals surface area contributed by atoms with Gasteiger partial charge in [0, 0.05) is 20.0 Å². The lowest BCUT2D eigenvalue weighted by molar-refractivity contribution is -0.137. The lowest BCUT2D eigenvalue weighted by Crippen LogP contribution is -2.41. The van der Waals surface area contributed by atoms with Crippen LogP contribution in [0.15, 0.2) is 30.3 Å². The van der Waals surface area contributed by atoms with E-state index in [1.54, 1.807) is 7.05 Å². The number of nitrogens with zero attached hydrogens (tertiary/aromatic N) is 1. The summed E-state index contributed by atoms with van der Waals surface area (Å²) in [7, 11) is 1.66. The molecule has 0 saturated carbocycles. The predicted octanol–water partition coefficient (Wildman–Crippen LogP) is 0.837. The molecule has 1 rings (SSSR count). The van der Waals surface area contributed by atoms with Crippen molar-refractivity contribution in [2.75, 3.05) is 7.05 Å². The molecule has 1 aromatic rings. The fourth-order valence-electron chi connectivity index (χ4n) is 1.62. The summed E-state index contributed by atoms with van der Waals surface area (Å²) in [5.41, 5.74) is 6.68. The zero-order chi connectivity index (χ0) is 13.5. The van der Waals surface area contributed by atoms with Crippen molar-refractivity contribution in [1.82, 2.24) is 4.90 Å². The number of likely N-dealkylation sites (N-methyl/N-ethyl adjacent to an activating group) is 1. The Morgan fingerprint density at radius 1 is 1.33 bits per heavy atom. The van der Waals surface area contributed by atoms with Crippen molar-refractivity contribution in [3.63, 3.8) is 0 Å². The Morgan fingerprint density at radius 3 is 2.50 bits per heavy atom. The summed E-state index contributed by atoms with van der Waals surface area (Å²) in [5, 5.41) is 8.54. The molecule has 0 heterocycles. The summed E-state index contributed by atoms with van der Waals surface area (Å²) >= 11 is 0. The number of aliphatic carboxylic acids is 1. The van der Waals surface area contributed by atoms with Gasteiger partial charge < -0.3 is 15.7 Å². The molecule has 0 aliphatic rings. The van der Waals surface area contributed by atoms with Crippen molar-refractivity contribution in [1.29, 1.82) is 0 Å². The maximum Gasteiger partial charge on any atom is 0.303 e. The average Bonchev–Trinajstić information content (AvgIpc) is 2.36. The number of carboxylic acids is 1. The molecule has 0 spiro atoms. The molecular formula is C13H18N2O3.